The molecule has 0 atom stereocenters. The molecule has 0 amide bonds. The van der Waals surface area contributed by atoms with Crippen LogP contribution in [-0.2, 0) is 13.0 Å². The Kier molecular flexibility index (Phi) is 3.46. The van der Waals surface area contributed by atoms with Crippen molar-refractivity contribution in [2.24, 2.45) is 0 Å². The molecule has 104 valence electrons. The van der Waals surface area contributed by atoms with E-state index in [9.17, 15) is 0 Å². The van der Waals surface area contributed by atoms with Gasteiger partial charge in [0.2, 0.25) is 0 Å². The molecule has 5 heteroatoms. The lowest BCUT2D eigenvalue weighted by Crippen LogP contribution is -2.15. The van der Waals surface area contributed by atoms with E-state index < -0.39 is 0 Å². The maximum absolute atomic E-state index is 9.03. The van der Waals surface area contributed by atoms with Gasteiger partial charge in [-0.05, 0) is 6.42 Å². The zero-order valence-electron chi connectivity index (χ0n) is 11.6. The van der Waals surface area contributed by atoms with Crippen LogP contribution in [0.5, 0.6) is 11.5 Å². The van der Waals surface area contributed by atoms with Gasteiger partial charge >= 0.3 is 0 Å². The summed E-state index contributed by atoms with van der Waals surface area (Å²) < 4.78 is 13.2. The molecule has 0 fully saturated rings. The summed E-state index contributed by atoms with van der Waals surface area (Å²) in [5.74, 6) is 2.45. The number of aryl methyl sites for hydroxylation is 1. The van der Waals surface area contributed by atoms with Crippen molar-refractivity contribution in [3.05, 3.63) is 18.0 Å². The maximum Gasteiger partial charge on any atom is 0.163 e. The van der Waals surface area contributed by atoms with Crippen LogP contribution in [0, 0.1) is 11.3 Å². The standard InChI is InChI=1S/C15H17N3O2/c1-2-3-4-15-17-11-9-13-14(20-8-7-19-13)10-12(11)18(15)6-5-16/h9-10H,2-4,6-8H2,1H3. The van der Waals surface area contributed by atoms with E-state index in [2.05, 4.69) is 18.0 Å². The number of aromatic nitrogens is 2. The van der Waals surface area contributed by atoms with Crippen LogP contribution in [0.2, 0.25) is 0 Å². The van der Waals surface area contributed by atoms with Crippen molar-refractivity contribution in [1.82, 2.24) is 9.55 Å². The zero-order chi connectivity index (χ0) is 13.9. The predicted molar refractivity (Wildman–Crippen MR) is 74.9 cm³/mol. The van der Waals surface area contributed by atoms with Crippen LogP contribution in [0.3, 0.4) is 0 Å². The fourth-order valence-electron chi connectivity index (χ4n) is 2.48. The Morgan fingerprint density at radius 2 is 2.05 bits per heavy atom. The SMILES string of the molecule is CCCCc1nc2cc3c(cc2n1CC#N)OCCO3. The van der Waals surface area contributed by atoms with Crippen molar-refractivity contribution in [3.8, 4) is 17.6 Å². The van der Waals surface area contributed by atoms with E-state index in [0.717, 1.165) is 47.6 Å². The molecule has 20 heavy (non-hydrogen) atoms. The number of unbranched alkanes of at least 4 members (excludes halogenated alkanes) is 1. The first-order valence-electron chi connectivity index (χ1n) is 6.99. The molecule has 0 aliphatic carbocycles. The highest BCUT2D eigenvalue weighted by atomic mass is 16.6. The third-order valence-corrected chi connectivity index (χ3v) is 3.47. The Morgan fingerprint density at radius 3 is 2.75 bits per heavy atom. The third kappa shape index (κ3) is 2.18. The van der Waals surface area contributed by atoms with Gasteiger partial charge in [-0.3, -0.25) is 0 Å². The molecule has 1 aromatic carbocycles. The average molecular weight is 271 g/mol. The first-order valence-corrected chi connectivity index (χ1v) is 6.99. The Morgan fingerprint density at radius 1 is 1.30 bits per heavy atom. The molecule has 5 nitrogen and oxygen atoms in total. The van der Waals surface area contributed by atoms with Crippen molar-refractivity contribution < 1.29 is 9.47 Å². The number of nitrogens with zero attached hydrogens (tertiary/aromatic N) is 3. The molecule has 0 bridgehead atoms. The highest BCUT2D eigenvalue weighted by Crippen LogP contribution is 2.34. The Labute approximate surface area is 117 Å². The van der Waals surface area contributed by atoms with Crippen LogP contribution in [-0.4, -0.2) is 22.8 Å². The fraction of sp³-hybridized carbons (Fsp3) is 0.467. The van der Waals surface area contributed by atoms with Gasteiger partial charge in [-0.25, -0.2) is 4.98 Å². The second kappa shape index (κ2) is 5.41. The number of benzene rings is 1. The van der Waals surface area contributed by atoms with E-state index in [1.165, 1.54) is 0 Å². The number of rotatable bonds is 4. The van der Waals surface area contributed by atoms with Crippen molar-refractivity contribution >= 4 is 11.0 Å². The summed E-state index contributed by atoms with van der Waals surface area (Å²) >= 11 is 0. The van der Waals surface area contributed by atoms with Gasteiger partial charge in [0.25, 0.3) is 0 Å². The summed E-state index contributed by atoms with van der Waals surface area (Å²) in [7, 11) is 0. The molecule has 1 aliphatic heterocycles. The van der Waals surface area contributed by atoms with Crippen LogP contribution in [0.4, 0.5) is 0 Å². The van der Waals surface area contributed by atoms with E-state index >= 15 is 0 Å². The van der Waals surface area contributed by atoms with Crippen LogP contribution < -0.4 is 9.47 Å². The summed E-state index contributed by atoms with van der Waals surface area (Å²) in [5, 5.41) is 9.03. The topological polar surface area (TPSA) is 60.1 Å². The summed E-state index contributed by atoms with van der Waals surface area (Å²) in [6.45, 7) is 3.60. The number of nitriles is 1. The zero-order valence-corrected chi connectivity index (χ0v) is 11.6. The number of hydrogen-bond acceptors (Lipinski definition) is 4. The molecule has 2 aromatic rings. The highest BCUT2D eigenvalue weighted by Gasteiger charge is 2.17. The average Bonchev–Trinajstić information content (AvgIpc) is 2.80. The maximum atomic E-state index is 9.03. The third-order valence-electron chi connectivity index (χ3n) is 3.47. The van der Waals surface area contributed by atoms with Crippen molar-refractivity contribution in [2.45, 2.75) is 32.7 Å². The van der Waals surface area contributed by atoms with Crippen molar-refractivity contribution in [1.29, 1.82) is 5.26 Å². The molecule has 0 saturated heterocycles. The molecule has 1 aliphatic rings. The first-order chi connectivity index (χ1) is 9.83. The Bertz CT molecular complexity index is 670. The summed E-state index contributed by atoms with van der Waals surface area (Å²) in [4.78, 5) is 4.65. The number of imidazole rings is 1. The molecule has 2 heterocycles. The molecule has 0 unspecified atom stereocenters. The van der Waals surface area contributed by atoms with Crippen LogP contribution in [0.1, 0.15) is 25.6 Å². The Balaban J connectivity index is 2.10. The minimum atomic E-state index is 0.315. The van der Waals surface area contributed by atoms with Crippen molar-refractivity contribution in [3.63, 3.8) is 0 Å². The predicted octanol–water partition coefficient (Wildman–Crippen LogP) is 2.67. The van der Waals surface area contributed by atoms with E-state index in [4.69, 9.17) is 14.7 Å². The second-order valence-corrected chi connectivity index (χ2v) is 4.86. The lowest BCUT2D eigenvalue weighted by molar-refractivity contribution is 0.172. The van der Waals surface area contributed by atoms with E-state index in [0.29, 0.717) is 19.8 Å². The minimum Gasteiger partial charge on any atom is -0.486 e. The molecular formula is C15H17N3O2. The molecule has 0 radical (unpaired) electrons. The van der Waals surface area contributed by atoms with E-state index in [1.807, 2.05) is 16.7 Å². The van der Waals surface area contributed by atoms with Gasteiger partial charge in [0.15, 0.2) is 11.5 Å². The van der Waals surface area contributed by atoms with Gasteiger partial charge in [0, 0.05) is 18.6 Å². The normalized spacial score (nSPS) is 13.4. The molecule has 3 rings (SSSR count). The molecule has 1 aromatic heterocycles. The quantitative estimate of drug-likeness (QED) is 0.857. The monoisotopic (exact) mass is 271 g/mol. The summed E-state index contributed by atoms with van der Waals surface area (Å²) in [6, 6.07) is 6.05. The van der Waals surface area contributed by atoms with Gasteiger partial charge < -0.3 is 14.0 Å². The van der Waals surface area contributed by atoms with Gasteiger partial charge in [-0.1, -0.05) is 13.3 Å². The number of fused-ring (bicyclic) bond motifs is 2. The summed E-state index contributed by atoms with van der Waals surface area (Å²) in [6.07, 6.45) is 3.07. The molecule has 0 saturated carbocycles. The number of ether oxygens (including phenoxy) is 2. The van der Waals surface area contributed by atoms with Crippen LogP contribution in [0.15, 0.2) is 12.1 Å². The van der Waals surface area contributed by atoms with Crippen LogP contribution >= 0.6 is 0 Å². The lowest BCUT2D eigenvalue weighted by atomic mass is 10.2. The van der Waals surface area contributed by atoms with E-state index in [-0.39, 0.29) is 0 Å². The Hall–Kier alpha value is -2.22. The minimum absolute atomic E-state index is 0.315. The van der Waals surface area contributed by atoms with E-state index in [1.54, 1.807) is 0 Å². The van der Waals surface area contributed by atoms with Gasteiger partial charge in [0.05, 0.1) is 17.1 Å². The fourth-order valence-corrected chi connectivity index (χ4v) is 2.48. The van der Waals surface area contributed by atoms with Gasteiger partial charge in [-0.2, -0.15) is 5.26 Å². The highest BCUT2D eigenvalue weighted by molar-refractivity contribution is 5.81. The van der Waals surface area contributed by atoms with Crippen LogP contribution in [0.25, 0.3) is 11.0 Å². The first kappa shape index (κ1) is 12.8. The lowest BCUT2D eigenvalue weighted by Gasteiger charge is -2.18. The van der Waals surface area contributed by atoms with Crippen molar-refractivity contribution in [2.75, 3.05) is 13.2 Å². The summed E-state index contributed by atoms with van der Waals surface area (Å²) in [5.41, 5.74) is 1.82. The smallest absolute Gasteiger partial charge is 0.163 e. The molecule has 0 spiro atoms. The van der Waals surface area contributed by atoms with Gasteiger partial charge in [-0.15, -0.1) is 0 Å². The largest absolute Gasteiger partial charge is 0.486 e. The number of hydrogen-bond donors (Lipinski definition) is 0. The molecule has 0 N–H and O–H groups in total. The second-order valence-electron chi connectivity index (χ2n) is 4.86. The van der Waals surface area contributed by atoms with Gasteiger partial charge in [0.1, 0.15) is 25.6 Å². The molecular weight excluding hydrogens is 254 g/mol.